The summed E-state index contributed by atoms with van der Waals surface area (Å²) in [6, 6.07) is 0. The van der Waals surface area contributed by atoms with Crippen molar-refractivity contribution >= 4 is 33.4 Å². The number of imidazole rings is 1. The summed E-state index contributed by atoms with van der Waals surface area (Å²) in [6.45, 7) is -0.859. The first-order valence-electron chi connectivity index (χ1n) is 4.82. The largest absolute Gasteiger partial charge is 0.324 e. The van der Waals surface area contributed by atoms with E-state index in [1.807, 2.05) is 5.32 Å². The molecule has 1 aromatic rings. The number of hydrogen-bond donors (Lipinski definition) is 1. The molecule has 0 aliphatic carbocycles. The Morgan fingerprint density at radius 3 is 2.33 bits per heavy atom. The highest BCUT2D eigenvalue weighted by molar-refractivity contribution is 7.89. The fraction of sp³-hybridized carbons (Fsp3) is 0.375. The van der Waals surface area contributed by atoms with Crippen LogP contribution in [0.4, 0.5) is 0 Å². The number of aromatic nitrogens is 2. The van der Waals surface area contributed by atoms with Gasteiger partial charge in [0.2, 0.25) is 16.8 Å². The monoisotopic (exact) mass is 292 g/mol. The number of piperazine rings is 1. The minimum absolute atomic E-state index is 0.0755. The zero-order chi connectivity index (χ0) is 13.5. The van der Waals surface area contributed by atoms with Crippen LogP contribution in [0.5, 0.6) is 0 Å². The van der Waals surface area contributed by atoms with Crippen molar-refractivity contribution in [3.05, 3.63) is 11.5 Å². The number of aryl methyl sites for hydroxylation is 1. The molecule has 0 bridgehead atoms. The zero-order valence-electron chi connectivity index (χ0n) is 9.25. The Hall–Kier alpha value is -1.45. The van der Waals surface area contributed by atoms with E-state index in [4.69, 9.17) is 11.6 Å². The Morgan fingerprint density at radius 1 is 1.33 bits per heavy atom. The van der Waals surface area contributed by atoms with E-state index in [1.54, 1.807) is 0 Å². The highest BCUT2D eigenvalue weighted by Crippen LogP contribution is 2.22. The summed E-state index contributed by atoms with van der Waals surface area (Å²) in [6.07, 6.45) is 1.24. The zero-order valence-corrected chi connectivity index (χ0v) is 10.8. The van der Waals surface area contributed by atoms with Gasteiger partial charge in [0.1, 0.15) is 5.15 Å². The van der Waals surface area contributed by atoms with Crippen LogP contribution in [0.2, 0.25) is 5.15 Å². The summed E-state index contributed by atoms with van der Waals surface area (Å²) in [4.78, 5) is 26.0. The van der Waals surface area contributed by atoms with Crippen molar-refractivity contribution in [2.24, 2.45) is 7.05 Å². The molecule has 1 aliphatic rings. The molecule has 98 valence electrons. The van der Waals surface area contributed by atoms with Crippen molar-refractivity contribution in [2.75, 3.05) is 13.1 Å². The second-order valence-corrected chi connectivity index (χ2v) is 5.91. The molecule has 0 aromatic carbocycles. The lowest BCUT2D eigenvalue weighted by molar-refractivity contribution is -0.134. The van der Waals surface area contributed by atoms with Crippen LogP contribution in [-0.2, 0) is 26.7 Å². The summed E-state index contributed by atoms with van der Waals surface area (Å²) in [7, 11) is -2.52. The van der Waals surface area contributed by atoms with Crippen LogP contribution < -0.4 is 5.32 Å². The minimum atomic E-state index is -4.05. The molecule has 1 N–H and O–H groups in total. The maximum Gasteiger partial charge on any atom is 0.264 e. The number of sulfonamides is 1. The fourth-order valence-corrected chi connectivity index (χ4v) is 3.21. The Labute approximate surface area is 108 Å². The van der Waals surface area contributed by atoms with E-state index in [2.05, 4.69) is 4.98 Å². The van der Waals surface area contributed by atoms with Crippen molar-refractivity contribution in [1.29, 1.82) is 0 Å². The third kappa shape index (κ3) is 2.11. The van der Waals surface area contributed by atoms with Gasteiger partial charge in [-0.1, -0.05) is 11.6 Å². The summed E-state index contributed by atoms with van der Waals surface area (Å²) >= 11 is 5.79. The molecule has 1 aliphatic heterocycles. The van der Waals surface area contributed by atoms with Gasteiger partial charge in [-0.25, -0.2) is 13.4 Å². The highest BCUT2D eigenvalue weighted by Gasteiger charge is 2.35. The Morgan fingerprint density at radius 2 is 1.89 bits per heavy atom. The van der Waals surface area contributed by atoms with Crippen LogP contribution in [0, 0.1) is 0 Å². The van der Waals surface area contributed by atoms with Crippen LogP contribution in [0.15, 0.2) is 11.4 Å². The lowest BCUT2D eigenvalue weighted by Crippen LogP contribution is -2.53. The second-order valence-electron chi connectivity index (χ2n) is 3.70. The molecule has 0 spiro atoms. The Bertz CT molecular complexity index is 607. The number of hydrogen-bond acceptors (Lipinski definition) is 5. The van der Waals surface area contributed by atoms with Crippen molar-refractivity contribution < 1.29 is 18.0 Å². The predicted octanol–water partition coefficient (Wildman–Crippen LogP) is -1.28. The Balaban J connectivity index is 2.40. The molecule has 10 heteroatoms. The summed E-state index contributed by atoms with van der Waals surface area (Å²) in [5, 5.41) is 1.57. The maximum atomic E-state index is 12.1. The van der Waals surface area contributed by atoms with Gasteiger partial charge in [-0.05, 0) is 0 Å². The molecule has 2 amide bonds. The molecular weight excluding hydrogens is 284 g/mol. The molecule has 2 heterocycles. The topological polar surface area (TPSA) is 101 Å². The molecule has 8 nitrogen and oxygen atoms in total. The first-order valence-corrected chi connectivity index (χ1v) is 6.64. The average molecular weight is 293 g/mol. The second kappa shape index (κ2) is 4.34. The van der Waals surface area contributed by atoms with Gasteiger partial charge >= 0.3 is 0 Å². The fourth-order valence-electron chi connectivity index (χ4n) is 1.47. The van der Waals surface area contributed by atoms with E-state index >= 15 is 0 Å². The van der Waals surface area contributed by atoms with Gasteiger partial charge in [-0.15, -0.1) is 0 Å². The maximum absolute atomic E-state index is 12.1. The molecule has 18 heavy (non-hydrogen) atoms. The molecule has 0 saturated carbocycles. The van der Waals surface area contributed by atoms with E-state index in [0.717, 1.165) is 4.31 Å². The van der Waals surface area contributed by atoms with Gasteiger partial charge in [0.15, 0.2) is 0 Å². The third-order valence-corrected chi connectivity index (χ3v) is 4.62. The number of amides is 2. The molecule has 1 saturated heterocycles. The van der Waals surface area contributed by atoms with E-state index in [0.29, 0.717) is 0 Å². The SMILES string of the molecule is Cn1cnc(S(=O)(=O)N2CC(=O)NC(=O)C2)c1Cl. The molecule has 1 aromatic heterocycles. The number of halogens is 1. The quantitative estimate of drug-likeness (QED) is 0.684. The number of imide groups is 1. The van der Waals surface area contributed by atoms with Crippen LogP contribution in [0.25, 0.3) is 0 Å². The number of carbonyl (C=O) groups excluding carboxylic acids is 2. The normalized spacial score (nSPS) is 17.9. The highest BCUT2D eigenvalue weighted by atomic mass is 35.5. The van der Waals surface area contributed by atoms with Gasteiger partial charge in [0.05, 0.1) is 19.4 Å². The number of nitrogens with zero attached hydrogens (tertiary/aromatic N) is 3. The first kappa shape index (κ1) is 13.0. The predicted molar refractivity (Wildman–Crippen MR) is 60.1 cm³/mol. The van der Waals surface area contributed by atoms with Crippen LogP contribution in [0.3, 0.4) is 0 Å². The van der Waals surface area contributed by atoms with Crippen molar-refractivity contribution in [2.45, 2.75) is 5.03 Å². The van der Waals surface area contributed by atoms with E-state index in [1.165, 1.54) is 17.9 Å². The van der Waals surface area contributed by atoms with Crippen LogP contribution in [-0.4, -0.2) is 47.2 Å². The van der Waals surface area contributed by atoms with Gasteiger partial charge in [-0.3, -0.25) is 14.9 Å². The van der Waals surface area contributed by atoms with Gasteiger partial charge < -0.3 is 4.57 Å². The molecular formula is C8H9ClN4O4S. The molecule has 2 rings (SSSR count). The smallest absolute Gasteiger partial charge is 0.264 e. The van der Waals surface area contributed by atoms with Gasteiger partial charge in [0.25, 0.3) is 10.0 Å². The molecule has 1 fully saturated rings. The summed E-state index contributed by atoms with van der Waals surface area (Å²) in [5.74, 6) is -1.36. The number of carbonyl (C=O) groups is 2. The third-order valence-electron chi connectivity index (χ3n) is 2.34. The molecule has 0 radical (unpaired) electrons. The first-order chi connectivity index (χ1) is 8.32. The van der Waals surface area contributed by atoms with Gasteiger partial charge in [0, 0.05) is 7.05 Å². The van der Waals surface area contributed by atoms with E-state index in [9.17, 15) is 18.0 Å². The molecule has 0 atom stereocenters. The standard InChI is InChI=1S/C8H9ClN4O4S/c1-12-4-10-8(7(12)9)18(16,17)13-2-5(14)11-6(15)3-13/h4H,2-3H2,1H3,(H,11,14,15). The average Bonchev–Trinajstić information content (AvgIpc) is 2.58. The number of nitrogens with one attached hydrogen (secondary N) is 1. The Kier molecular flexibility index (Phi) is 3.13. The lowest BCUT2D eigenvalue weighted by atomic mass is 10.4. The van der Waals surface area contributed by atoms with Gasteiger partial charge in [-0.2, -0.15) is 4.31 Å². The number of rotatable bonds is 2. The van der Waals surface area contributed by atoms with Crippen LogP contribution >= 0.6 is 11.6 Å². The van der Waals surface area contributed by atoms with Crippen molar-refractivity contribution in [3.63, 3.8) is 0 Å². The summed E-state index contributed by atoms with van der Waals surface area (Å²) < 4.78 is 26.4. The summed E-state index contributed by atoms with van der Waals surface area (Å²) in [5.41, 5.74) is 0. The van der Waals surface area contributed by atoms with Crippen molar-refractivity contribution in [3.8, 4) is 0 Å². The molecule has 0 unspecified atom stereocenters. The van der Waals surface area contributed by atoms with E-state index < -0.39 is 34.9 Å². The van der Waals surface area contributed by atoms with E-state index in [-0.39, 0.29) is 10.2 Å². The van der Waals surface area contributed by atoms with Crippen LogP contribution in [0.1, 0.15) is 0 Å². The minimum Gasteiger partial charge on any atom is -0.324 e. The lowest BCUT2D eigenvalue weighted by Gasteiger charge is -2.23. The van der Waals surface area contributed by atoms with Crippen molar-refractivity contribution in [1.82, 2.24) is 19.2 Å².